The molecule has 194 valence electrons. The summed E-state index contributed by atoms with van der Waals surface area (Å²) in [5.74, 6) is -2.84. The topological polar surface area (TPSA) is 76.0 Å². The number of carbonyl (C=O) groups excluding carboxylic acids is 1. The molecule has 0 amide bonds. The standard InChI is InChI=1S/C25H22F6O5/c1-35-19-11-13(7-9-17(19)32)21(24(26,27)28)15-5-3-4-6-16(23(15)34)22(25(29,30)31)14-8-10-18(33)20(12-14)36-2/h7-12,32-33H,3-6H2,1-2H3/b21-15-,22-16-. The van der Waals surface area contributed by atoms with E-state index in [9.17, 15) is 41.4 Å². The van der Waals surface area contributed by atoms with Crippen molar-refractivity contribution in [2.45, 2.75) is 38.0 Å². The van der Waals surface area contributed by atoms with Crippen LogP contribution in [0.1, 0.15) is 36.8 Å². The van der Waals surface area contributed by atoms with Crippen LogP contribution in [-0.4, -0.2) is 42.6 Å². The molecule has 2 aromatic rings. The highest BCUT2D eigenvalue weighted by atomic mass is 19.4. The molecule has 1 aliphatic rings. The number of methoxy groups -OCH3 is 2. The largest absolute Gasteiger partial charge is 0.504 e. The van der Waals surface area contributed by atoms with E-state index >= 15 is 0 Å². The van der Waals surface area contributed by atoms with Gasteiger partial charge in [-0.05, 0) is 61.1 Å². The number of benzene rings is 2. The lowest BCUT2D eigenvalue weighted by molar-refractivity contribution is -0.113. The van der Waals surface area contributed by atoms with Crippen LogP contribution in [0.25, 0.3) is 11.1 Å². The first-order valence-corrected chi connectivity index (χ1v) is 10.7. The molecule has 0 radical (unpaired) electrons. The van der Waals surface area contributed by atoms with Crippen LogP contribution in [0.4, 0.5) is 26.3 Å². The van der Waals surface area contributed by atoms with Crippen LogP contribution in [0, 0.1) is 0 Å². The maximum absolute atomic E-state index is 14.3. The Hall–Kier alpha value is -3.63. The number of hydrogen-bond acceptors (Lipinski definition) is 5. The van der Waals surface area contributed by atoms with Gasteiger partial charge in [-0.15, -0.1) is 0 Å². The van der Waals surface area contributed by atoms with Crippen molar-refractivity contribution < 1.29 is 50.8 Å². The first-order chi connectivity index (χ1) is 16.8. The van der Waals surface area contributed by atoms with Crippen LogP contribution in [-0.2, 0) is 4.79 Å². The maximum atomic E-state index is 14.3. The first-order valence-electron chi connectivity index (χ1n) is 10.7. The molecule has 0 unspecified atom stereocenters. The highest BCUT2D eigenvalue weighted by molar-refractivity contribution is 6.17. The van der Waals surface area contributed by atoms with Crippen molar-refractivity contribution >= 4 is 16.9 Å². The molecule has 11 heteroatoms. The molecule has 1 aliphatic carbocycles. The van der Waals surface area contributed by atoms with Crippen molar-refractivity contribution in [2.75, 3.05) is 14.2 Å². The summed E-state index contributed by atoms with van der Waals surface area (Å²) in [5.41, 5.74) is -5.46. The van der Waals surface area contributed by atoms with Crippen molar-refractivity contribution in [1.29, 1.82) is 0 Å². The molecule has 0 aromatic heterocycles. The van der Waals surface area contributed by atoms with Crippen molar-refractivity contribution in [3.63, 3.8) is 0 Å². The summed E-state index contributed by atoms with van der Waals surface area (Å²) in [4.78, 5) is 13.4. The molecule has 2 N–H and O–H groups in total. The fourth-order valence-corrected chi connectivity index (χ4v) is 4.17. The number of halogens is 6. The van der Waals surface area contributed by atoms with Gasteiger partial charge in [-0.2, -0.15) is 26.3 Å². The van der Waals surface area contributed by atoms with Gasteiger partial charge in [0.25, 0.3) is 0 Å². The molecule has 5 nitrogen and oxygen atoms in total. The highest BCUT2D eigenvalue weighted by Crippen LogP contribution is 2.46. The zero-order valence-electron chi connectivity index (χ0n) is 19.2. The average Bonchev–Trinajstić information content (AvgIpc) is 2.96. The summed E-state index contributed by atoms with van der Waals surface area (Å²) in [6.07, 6.45) is -10.9. The summed E-state index contributed by atoms with van der Waals surface area (Å²) in [5, 5.41) is 19.5. The SMILES string of the molecule is COc1cc(/C(=C2\CCCC/C(=C(\c3ccc(O)c(OC)c3)C(F)(F)F)C2=O)C(F)(F)F)ccc1O. The molecule has 2 aromatic carbocycles. The van der Waals surface area contributed by atoms with Crippen LogP contribution in [0.3, 0.4) is 0 Å². The molecular formula is C25H22F6O5. The van der Waals surface area contributed by atoms with Crippen molar-refractivity contribution in [1.82, 2.24) is 0 Å². The molecule has 0 spiro atoms. The van der Waals surface area contributed by atoms with Gasteiger partial charge in [0.15, 0.2) is 28.8 Å². The predicted octanol–water partition coefficient (Wildman–Crippen LogP) is 6.59. The third-order valence-corrected chi connectivity index (χ3v) is 5.76. The van der Waals surface area contributed by atoms with E-state index in [-0.39, 0.29) is 24.3 Å². The van der Waals surface area contributed by atoms with Crippen molar-refractivity contribution in [3.05, 3.63) is 58.7 Å². The monoisotopic (exact) mass is 516 g/mol. The minimum Gasteiger partial charge on any atom is -0.504 e. The van der Waals surface area contributed by atoms with E-state index in [0.717, 1.165) is 50.6 Å². The summed E-state index contributed by atoms with van der Waals surface area (Å²) in [6, 6.07) is 5.49. The van der Waals surface area contributed by atoms with Gasteiger partial charge in [-0.1, -0.05) is 12.1 Å². The minimum atomic E-state index is -5.09. The quantitative estimate of drug-likeness (QED) is 0.273. The average molecular weight is 516 g/mol. The van der Waals surface area contributed by atoms with E-state index in [2.05, 4.69) is 0 Å². The summed E-state index contributed by atoms with van der Waals surface area (Å²) < 4.78 is 95.3. The van der Waals surface area contributed by atoms with Gasteiger partial charge in [0, 0.05) is 11.1 Å². The van der Waals surface area contributed by atoms with E-state index in [1.165, 1.54) is 0 Å². The number of phenolic OH excluding ortho intramolecular Hbond substituents is 2. The number of hydrogen-bond donors (Lipinski definition) is 2. The number of ether oxygens (including phenoxy) is 2. The van der Waals surface area contributed by atoms with Gasteiger partial charge in [-0.25, -0.2) is 0 Å². The summed E-state index contributed by atoms with van der Waals surface area (Å²) >= 11 is 0. The number of ketones is 1. The fourth-order valence-electron chi connectivity index (χ4n) is 4.17. The number of rotatable bonds is 4. The second-order valence-electron chi connectivity index (χ2n) is 8.01. The Morgan fingerprint density at radius 1 is 0.722 bits per heavy atom. The Kier molecular flexibility index (Phi) is 7.61. The minimum absolute atomic E-state index is 0.0450. The number of phenols is 2. The van der Waals surface area contributed by atoms with Crippen LogP contribution in [0.5, 0.6) is 23.0 Å². The number of allylic oxidation sites excluding steroid dienone is 4. The number of Topliss-reactive ketones (excluding diaryl/α,β-unsaturated/α-hetero) is 1. The molecule has 3 rings (SSSR count). The number of aromatic hydroxyl groups is 2. The van der Waals surface area contributed by atoms with Gasteiger partial charge in [-0.3, -0.25) is 4.79 Å². The molecule has 0 aliphatic heterocycles. The molecule has 36 heavy (non-hydrogen) atoms. The van der Waals surface area contributed by atoms with Gasteiger partial charge in [0.2, 0.25) is 0 Å². The van der Waals surface area contributed by atoms with E-state index in [1.807, 2.05) is 0 Å². The van der Waals surface area contributed by atoms with Crippen LogP contribution in [0.2, 0.25) is 0 Å². The molecule has 0 bridgehead atoms. The number of carbonyl (C=O) groups is 1. The summed E-state index contributed by atoms with van der Waals surface area (Å²) in [7, 11) is 2.25. The zero-order chi connectivity index (χ0) is 26.8. The lowest BCUT2D eigenvalue weighted by Gasteiger charge is -2.21. The molecule has 0 saturated heterocycles. The van der Waals surface area contributed by atoms with Gasteiger partial charge >= 0.3 is 12.4 Å². The zero-order valence-corrected chi connectivity index (χ0v) is 19.2. The first kappa shape index (κ1) is 27.0. The van der Waals surface area contributed by atoms with Gasteiger partial charge in [0.05, 0.1) is 25.4 Å². The van der Waals surface area contributed by atoms with E-state index in [1.54, 1.807) is 0 Å². The summed E-state index contributed by atoms with van der Waals surface area (Å²) in [6.45, 7) is 0. The normalized spacial score (nSPS) is 17.9. The Bertz CT molecular complexity index is 1130. The third-order valence-electron chi connectivity index (χ3n) is 5.76. The molecule has 0 heterocycles. The smallest absolute Gasteiger partial charge is 0.417 e. The second kappa shape index (κ2) is 10.2. The second-order valence-corrected chi connectivity index (χ2v) is 8.01. The van der Waals surface area contributed by atoms with E-state index in [4.69, 9.17) is 9.47 Å². The van der Waals surface area contributed by atoms with Crippen molar-refractivity contribution in [2.24, 2.45) is 0 Å². The lowest BCUT2D eigenvalue weighted by atomic mass is 9.88. The Balaban J connectivity index is 2.34. The molecule has 0 atom stereocenters. The predicted molar refractivity (Wildman–Crippen MR) is 119 cm³/mol. The number of alkyl halides is 6. The van der Waals surface area contributed by atoms with Gasteiger partial charge < -0.3 is 19.7 Å². The highest BCUT2D eigenvalue weighted by Gasteiger charge is 2.44. The van der Waals surface area contributed by atoms with E-state index < -0.39 is 75.9 Å². The molecule has 1 fully saturated rings. The molecular weight excluding hydrogens is 494 g/mol. The van der Waals surface area contributed by atoms with Crippen LogP contribution >= 0.6 is 0 Å². The lowest BCUT2D eigenvalue weighted by Crippen LogP contribution is -2.21. The Morgan fingerprint density at radius 3 is 1.39 bits per heavy atom. The molecule has 1 saturated carbocycles. The van der Waals surface area contributed by atoms with Crippen LogP contribution < -0.4 is 9.47 Å². The van der Waals surface area contributed by atoms with Gasteiger partial charge in [0.1, 0.15) is 0 Å². The maximum Gasteiger partial charge on any atom is 0.417 e. The third kappa shape index (κ3) is 5.44. The van der Waals surface area contributed by atoms with Crippen LogP contribution in [0.15, 0.2) is 47.5 Å². The fraction of sp³-hybridized carbons (Fsp3) is 0.320. The Morgan fingerprint density at radius 2 is 1.08 bits per heavy atom. The van der Waals surface area contributed by atoms with E-state index in [0.29, 0.717) is 0 Å². The van der Waals surface area contributed by atoms with Crippen molar-refractivity contribution in [3.8, 4) is 23.0 Å². The Labute approximate surface area is 202 Å².